The van der Waals surface area contributed by atoms with Crippen LogP contribution in [0.3, 0.4) is 0 Å². The first-order chi connectivity index (χ1) is 16.5. The molecule has 2 fully saturated rings. The van der Waals surface area contributed by atoms with Crippen molar-refractivity contribution in [1.82, 2.24) is 20.5 Å². The number of benzene rings is 1. The van der Waals surface area contributed by atoms with E-state index in [0.717, 1.165) is 32.1 Å². The zero-order valence-corrected chi connectivity index (χ0v) is 20.0. The van der Waals surface area contributed by atoms with E-state index in [0.29, 0.717) is 24.4 Å². The molecular weight excluding hydrogens is 432 g/mol. The van der Waals surface area contributed by atoms with Gasteiger partial charge in [-0.2, -0.15) is 0 Å². The van der Waals surface area contributed by atoms with Crippen molar-refractivity contribution >= 4 is 17.6 Å². The third kappa shape index (κ3) is 5.22. The van der Waals surface area contributed by atoms with Crippen molar-refractivity contribution in [3.8, 4) is 0 Å². The van der Waals surface area contributed by atoms with Gasteiger partial charge in [0.15, 0.2) is 0 Å². The van der Waals surface area contributed by atoms with Crippen molar-refractivity contribution in [2.45, 2.75) is 70.0 Å². The van der Waals surface area contributed by atoms with Gasteiger partial charge in [-0.15, -0.1) is 0 Å². The highest BCUT2D eigenvalue weighted by Crippen LogP contribution is 2.35. The number of hydrogen-bond donors (Lipinski definition) is 2. The van der Waals surface area contributed by atoms with Crippen molar-refractivity contribution in [2.75, 3.05) is 13.6 Å². The first-order valence-corrected chi connectivity index (χ1v) is 12.3. The first-order valence-electron chi connectivity index (χ1n) is 12.3. The maximum atomic E-state index is 13.8. The van der Waals surface area contributed by atoms with Crippen molar-refractivity contribution < 1.29 is 18.8 Å². The molecule has 1 saturated carbocycles. The van der Waals surface area contributed by atoms with Gasteiger partial charge in [0.05, 0.1) is 6.04 Å². The summed E-state index contributed by atoms with van der Waals surface area (Å²) >= 11 is 0. The Morgan fingerprint density at radius 1 is 1.06 bits per heavy atom. The van der Waals surface area contributed by atoms with Gasteiger partial charge in [0.1, 0.15) is 24.0 Å². The molecule has 1 saturated heterocycles. The van der Waals surface area contributed by atoms with Crippen LogP contribution in [0.5, 0.6) is 0 Å². The molecule has 4 rings (SSSR count). The van der Waals surface area contributed by atoms with Crippen molar-refractivity contribution in [1.29, 1.82) is 0 Å². The Hall–Kier alpha value is -3.00. The molecule has 34 heavy (non-hydrogen) atoms. The number of nitrogens with zero attached hydrogens (tertiary/aromatic N) is 2. The van der Waals surface area contributed by atoms with Crippen LogP contribution in [0, 0.1) is 5.92 Å². The van der Waals surface area contributed by atoms with Gasteiger partial charge in [0, 0.05) is 12.1 Å². The minimum absolute atomic E-state index is 0.0832. The summed E-state index contributed by atoms with van der Waals surface area (Å²) in [6, 6.07) is 7.66. The zero-order valence-electron chi connectivity index (χ0n) is 20.0. The Balaban J connectivity index is 1.53. The molecule has 182 valence electrons. The largest absolute Gasteiger partial charge is 0.446 e. The summed E-state index contributed by atoms with van der Waals surface area (Å²) in [5, 5.41) is 5.98. The third-order valence-electron chi connectivity index (χ3n) is 7.12. The van der Waals surface area contributed by atoms with E-state index in [4.69, 9.17) is 4.42 Å². The number of rotatable bonds is 8. The summed E-state index contributed by atoms with van der Waals surface area (Å²) in [5.41, 5.74) is 0.779. The standard InChI is InChI=1S/C26H34N4O4/c1-17(27-2)24(32)29-22(18-10-5-3-6-11-18)26(33)30-15-9-14-21(30)25-28-20(16-34-25)23(31)19-12-7-4-8-13-19/h4,7-8,12-13,16-18,21-22,27H,3,5-6,9-11,14-15H2,1-2H3,(H,29,32)/t17-,21-,22?/m0/s1. The van der Waals surface area contributed by atoms with Crippen LogP contribution in [0.15, 0.2) is 41.0 Å². The van der Waals surface area contributed by atoms with Gasteiger partial charge in [0.2, 0.25) is 23.5 Å². The summed E-state index contributed by atoms with van der Waals surface area (Å²) in [6.07, 6.45) is 8.07. The van der Waals surface area contributed by atoms with Crippen LogP contribution >= 0.6 is 0 Å². The predicted molar refractivity (Wildman–Crippen MR) is 127 cm³/mol. The topological polar surface area (TPSA) is 105 Å². The second-order valence-electron chi connectivity index (χ2n) is 9.35. The van der Waals surface area contributed by atoms with Gasteiger partial charge in [-0.1, -0.05) is 49.6 Å². The molecule has 1 unspecified atom stereocenters. The van der Waals surface area contributed by atoms with Gasteiger partial charge in [-0.3, -0.25) is 14.4 Å². The molecular formula is C26H34N4O4. The molecule has 0 bridgehead atoms. The van der Waals surface area contributed by atoms with Crippen LogP contribution in [-0.2, 0) is 9.59 Å². The Kier molecular flexibility index (Phi) is 7.77. The molecule has 1 aliphatic heterocycles. The summed E-state index contributed by atoms with van der Waals surface area (Å²) in [6.45, 7) is 2.36. The number of aromatic nitrogens is 1. The van der Waals surface area contributed by atoms with E-state index in [1.807, 2.05) is 6.07 Å². The Labute approximate surface area is 200 Å². The maximum absolute atomic E-state index is 13.8. The van der Waals surface area contributed by atoms with Crippen LogP contribution in [0.25, 0.3) is 0 Å². The number of hydrogen-bond acceptors (Lipinski definition) is 6. The van der Waals surface area contributed by atoms with Crippen LogP contribution in [0.2, 0.25) is 0 Å². The van der Waals surface area contributed by atoms with Crippen LogP contribution in [-0.4, -0.2) is 53.2 Å². The molecule has 8 nitrogen and oxygen atoms in total. The van der Waals surface area contributed by atoms with E-state index in [1.165, 1.54) is 12.7 Å². The monoisotopic (exact) mass is 466 g/mol. The van der Waals surface area contributed by atoms with E-state index >= 15 is 0 Å². The lowest BCUT2D eigenvalue weighted by atomic mass is 9.83. The number of amides is 2. The molecule has 1 aliphatic carbocycles. The maximum Gasteiger partial charge on any atom is 0.246 e. The lowest BCUT2D eigenvalue weighted by molar-refractivity contribution is -0.140. The molecule has 0 spiro atoms. The number of ketones is 1. The average molecular weight is 467 g/mol. The minimum atomic E-state index is -0.565. The van der Waals surface area contributed by atoms with Crippen LogP contribution < -0.4 is 10.6 Å². The highest BCUT2D eigenvalue weighted by Gasteiger charge is 2.40. The molecule has 0 radical (unpaired) electrons. The highest BCUT2D eigenvalue weighted by molar-refractivity contribution is 6.07. The quantitative estimate of drug-likeness (QED) is 0.579. The second kappa shape index (κ2) is 11.0. The van der Waals surface area contributed by atoms with E-state index in [9.17, 15) is 14.4 Å². The zero-order chi connectivity index (χ0) is 24.1. The molecule has 3 atom stereocenters. The summed E-state index contributed by atoms with van der Waals surface area (Å²) < 4.78 is 5.71. The molecule has 1 aromatic heterocycles. The number of likely N-dealkylation sites (N-methyl/N-ethyl adjacent to an activating group) is 1. The Bertz CT molecular complexity index is 999. The summed E-state index contributed by atoms with van der Waals surface area (Å²) in [4.78, 5) is 45.5. The normalized spacial score (nSPS) is 20.6. The molecule has 2 aromatic rings. The third-order valence-corrected chi connectivity index (χ3v) is 7.12. The lowest BCUT2D eigenvalue weighted by Gasteiger charge is -2.34. The van der Waals surface area contributed by atoms with E-state index in [-0.39, 0.29) is 41.3 Å². The Morgan fingerprint density at radius 2 is 1.79 bits per heavy atom. The molecule has 8 heteroatoms. The number of carbonyl (C=O) groups excluding carboxylic acids is 3. The number of likely N-dealkylation sites (tertiary alicyclic amines) is 1. The summed E-state index contributed by atoms with van der Waals surface area (Å²) in [7, 11) is 1.73. The molecule has 1 aromatic carbocycles. The van der Waals surface area contributed by atoms with Gasteiger partial charge in [-0.25, -0.2) is 4.98 Å². The fourth-order valence-electron chi connectivity index (χ4n) is 5.01. The smallest absolute Gasteiger partial charge is 0.246 e. The van der Waals surface area contributed by atoms with Crippen LogP contribution in [0.1, 0.15) is 79.9 Å². The molecule has 2 heterocycles. The predicted octanol–water partition coefficient (Wildman–Crippen LogP) is 3.24. The number of carbonyl (C=O) groups is 3. The van der Waals surface area contributed by atoms with Gasteiger partial charge >= 0.3 is 0 Å². The fourth-order valence-corrected chi connectivity index (χ4v) is 5.01. The van der Waals surface area contributed by atoms with Crippen LogP contribution in [0.4, 0.5) is 0 Å². The molecule has 2 amide bonds. The van der Waals surface area contributed by atoms with Crippen molar-refractivity contribution in [3.63, 3.8) is 0 Å². The first kappa shape index (κ1) is 24.1. The molecule has 2 aliphatic rings. The highest BCUT2D eigenvalue weighted by atomic mass is 16.3. The average Bonchev–Trinajstić information content (AvgIpc) is 3.57. The van der Waals surface area contributed by atoms with Crippen molar-refractivity contribution in [2.24, 2.45) is 5.92 Å². The fraction of sp³-hybridized carbons (Fsp3) is 0.538. The van der Waals surface area contributed by atoms with E-state index in [2.05, 4.69) is 15.6 Å². The minimum Gasteiger partial charge on any atom is -0.446 e. The number of nitrogens with one attached hydrogen (secondary N) is 2. The van der Waals surface area contributed by atoms with E-state index < -0.39 is 6.04 Å². The SMILES string of the molecule is CN[C@@H](C)C(=O)NC(C(=O)N1CCC[C@H]1c1nc(C(=O)c2ccccc2)co1)C1CCCCC1. The molecule has 2 N–H and O–H groups in total. The van der Waals surface area contributed by atoms with Gasteiger partial charge in [0.25, 0.3) is 0 Å². The van der Waals surface area contributed by atoms with Gasteiger partial charge in [-0.05, 0) is 45.6 Å². The summed E-state index contributed by atoms with van der Waals surface area (Å²) in [5.74, 6) is 0.0341. The van der Waals surface area contributed by atoms with E-state index in [1.54, 1.807) is 43.1 Å². The lowest BCUT2D eigenvalue weighted by Crippen LogP contribution is -2.55. The number of oxazole rings is 1. The Morgan fingerprint density at radius 3 is 2.50 bits per heavy atom. The second-order valence-corrected chi connectivity index (χ2v) is 9.35. The van der Waals surface area contributed by atoms with Crippen molar-refractivity contribution in [3.05, 3.63) is 53.7 Å². The van der Waals surface area contributed by atoms with Gasteiger partial charge < -0.3 is 20.0 Å².